The summed E-state index contributed by atoms with van der Waals surface area (Å²) >= 11 is 0. The van der Waals surface area contributed by atoms with Gasteiger partial charge in [-0.25, -0.2) is 0 Å². The predicted octanol–water partition coefficient (Wildman–Crippen LogP) is 2.58. The molecule has 1 fully saturated rings. The molecule has 138 valence electrons. The number of pyridine rings is 1. The van der Waals surface area contributed by atoms with Crippen LogP contribution in [0.3, 0.4) is 0 Å². The highest BCUT2D eigenvalue weighted by Gasteiger charge is 2.40. The maximum absolute atomic E-state index is 13.0. The number of nitrogens with zero attached hydrogens (tertiary/aromatic N) is 1. The van der Waals surface area contributed by atoms with Gasteiger partial charge in [0.05, 0.1) is 11.5 Å². The third-order valence-electron chi connectivity index (χ3n) is 5.03. The minimum absolute atomic E-state index is 0.00577. The summed E-state index contributed by atoms with van der Waals surface area (Å²) in [5, 5.41) is 12.4. The van der Waals surface area contributed by atoms with Gasteiger partial charge in [-0.3, -0.25) is 9.78 Å². The van der Waals surface area contributed by atoms with Crippen molar-refractivity contribution in [3.05, 3.63) is 54.4 Å². The van der Waals surface area contributed by atoms with Gasteiger partial charge < -0.3 is 15.2 Å². The van der Waals surface area contributed by atoms with E-state index in [2.05, 4.69) is 22.4 Å². The second kappa shape index (κ2) is 8.43. The van der Waals surface area contributed by atoms with Crippen molar-refractivity contribution < 1.29 is 14.6 Å². The maximum Gasteiger partial charge on any atom is 0.226 e. The molecule has 0 bridgehead atoms. The van der Waals surface area contributed by atoms with Gasteiger partial charge in [0.2, 0.25) is 5.91 Å². The number of hydrogen-bond donors (Lipinski definition) is 2. The molecule has 0 spiro atoms. The van der Waals surface area contributed by atoms with Gasteiger partial charge in [-0.15, -0.1) is 0 Å². The Kier molecular flexibility index (Phi) is 6.01. The molecule has 5 nitrogen and oxygen atoms in total. The molecule has 0 saturated carbocycles. The molecule has 5 heteroatoms. The van der Waals surface area contributed by atoms with Crippen LogP contribution in [0.1, 0.15) is 25.3 Å². The molecule has 2 aromatic rings. The van der Waals surface area contributed by atoms with E-state index in [1.165, 1.54) is 0 Å². The molecule has 1 atom stereocenters. The standard InChI is InChI=1S/C21H26N2O3/c1-16(24)15-23-20(25)21(8-12-26-13-9-21)14-18-4-2-3-5-19(18)17-6-10-22-11-7-17/h2-7,10-11,16,24H,8-9,12-15H2,1H3,(H,23,25)/t16-/m0/s1. The van der Waals surface area contributed by atoms with Crippen LogP contribution in [0.4, 0.5) is 0 Å². The first-order chi connectivity index (χ1) is 12.6. The fourth-order valence-electron chi connectivity index (χ4n) is 3.53. The van der Waals surface area contributed by atoms with Crippen LogP contribution in [0.2, 0.25) is 0 Å². The van der Waals surface area contributed by atoms with Gasteiger partial charge in [-0.2, -0.15) is 0 Å². The molecule has 1 amide bonds. The minimum atomic E-state index is -0.556. The summed E-state index contributed by atoms with van der Waals surface area (Å²) in [4.78, 5) is 17.1. The van der Waals surface area contributed by atoms with Gasteiger partial charge in [-0.05, 0) is 55.0 Å². The molecule has 0 unspecified atom stereocenters. The van der Waals surface area contributed by atoms with Crippen molar-refractivity contribution in [2.45, 2.75) is 32.3 Å². The van der Waals surface area contributed by atoms with Crippen molar-refractivity contribution in [1.29, 1.82) is 0 Å². The summed E-state index contributed by atoms with van der Waals surface area (Å²) in [7, 11) is 0. The summed E-state index contributed by atoms with van der Waals surface area (Å²) in [6, 6.07) is 12.2. The van der Waals surface area contributed by atoms with Crippen LogP contribution < -0.4 is 5.32 Å². The van der Waals surface area contributed by atoms with E-state index in [1.807, 2.05) is 24.3 Å². The number of benzene rings is 1. The Hall–Kier alpha value is -2.24. The summed E-state index contributed by atoms with van der Waals surface area (Å²) < 4.78 is 5.52. The lowest BCUT2D eigenvalue weighted by atomic mass is 9.73. The minimum Gasteiger partial charge on any atom is -0.392 e. The van der Waals surface area contributed by atoms with Crippen molar-refractivity contribution in [2.75, 3.05) is 19.8 Å². The van der Waals surface area contributed by atoms with E-state index in [0.717, 1.165) is 16.7 Å². The molecule has 26 heavy (non-hydrogen) atoms. The van der Waals surface area contributed by atoms with Crippen molar-refractivity contribution in [1.82, 2.24) is 10.3 Å². The Balaban J connectivity index is 1.89. The molecular formula is C21H26N2O3. The highest BCUT2D eigenvalue weighted by atomic mass is 16.5. The largest absolute Gasteiger partial charge is 0.392 e. The number of amides is 1. The van der Waals surface area contributed by atoms with Crippen LogP contribution in [0.25, 0.3) is 11.1 Å². The monoisotopic (exact) mass is 354 g/mol. The number of aliphatic hydroxyl groups is 1. The fraction of sp³-hybridized carbons (Fsp3) is 0.429. The predicted molar refractivity (Wildman–Crippen MR) is 101 cm³/mol. The number of rotatable bonds is 6. The van der Waals surface area contributed by atoms with Gasteiger partial charge in [0.25, 0.3) is 0 Å². The molecule has 1 aliphatic rings. The summed E-state index contributed by atoms with van der Waals surface area (Å²) in [6.45, 7) is 3.11. The lowest BCUT2D eigenvalue weighted by molar-refractivity contribution is -0.137. The number of aromatic nitrogens is 1. The third-order valence-corrected chi connectivity index (χ3v) is 5.03. The molecular weight excluding hydrogens is 328 g/mol. The Morgan fingerprint density at radius 3 is 2.62 bits per heavy atom. The second-order valence-electron chi connectivity index (χ2n) is 7.02. The number of carbonyl (C=O) groups is 1. The van der Waals surface area contributed by atoms with E-state index in [0.29, 0.717) is 32.5 Å². The first kappa shape index (κ1) is 18.5. The van der Waals surface area contributed by atoms with Crippen LogP contribution in [0.15, 0.2) is 48.8 Å². The maximum atomic E-state index is 13.0. The first-order valence-corrected chi connectivity index (χ1v) is 9.13. The molecule has 0 radical (unpaired) electrons. The Bertz CT molecular complexity index is 725. The number of nitrogens with one attached hydrogen (secondary N) is 1. The van der Waals surface area contributed by atoms with Crippen molar-refractivity contribution in [3.8, 4) is 11.1 Å². The van der Waals surface area contributed by atoms with Crippen molar-refractivity contribution >= 4 is 5.91 Å². The lowest BCUT2D eigenvalue weighted by Gasteiger charge is -2.36. The fourth-order valence-corrected chi connectivity index (χ4v) is 3.53. The Labute approximate surface area is 154 Å². The van der Waals surface area contributed by atoms with Crippen LogP contribution in [0.5, 0.6) is 0 Å². The Morgan fingerprint density at radius 2 is 1.92 bits per heavy atom. The van der Waals surface area contributed by atoms with Gasteiger partial charge >= 0.3 is 0 Å². The molecule has 2 N–H and O–H groups in total. The molecule has 0 aliphatic carbocycles. The number of aliphatic hydroxyl groups excluding tert-OH is 1. The topological polar surface area (TPSA) is 71.5 Å². The normalized spacial score (nSPS) is 17.5. The van der Waals surface area contributed by atoms with Gasteiger partial charge in [0.15, 0.2) is 0 Å². The van der Waals surface area contributed by atoms with Gasteiger partial charge in [0.1, 0.15) is 0 Å². The lowest BCUT2D eigenvalue weighted by Crippen LogP contribution is -2.47. The average Bonchev–Trinajstić information content (AvgIpc) is 2.68. The zero-order chi connectivity index (χ0) is 18.4. The van der Waals surface area contributed by atoms with E-state index >= 15 is 0 Å². The van der Waals surface area contributed by atoms with E-state index in [9.17, 15) is 9.90 Å². The van der Waals surface area contributed by atoms with Crippen LogP contribution >= 0.6 is 0 Å². The van der Waals surface area contributed by atoms with Gasteiger partial charge in [-0.1, -0.05) is 24.3 Å². The second-order valence-corrected chi connectivity index (χ2v) is 7.02. The molecule has 1 aliphatic heterocycles. The Morgan fingerprint density at radius 1 is 1.23 bits per heavy atom. The molecule has 1 aromatic carbocycles. The zero-order valence-corrected chi connectivity index (χ0v) is 15.1. The SMILES string of the molecule is C[C@H](O)CNC(=O)C1(Cc2ccccc2-c2ccncc2)CCOCC1. The average molecular weight is 354 g/mol. The number of carbonyl (C=O) groups excluding carboxylic acids is 1. The van der Waals surface area contributed by atoms with Crippen LogP contribution in [0, 0.1) is 5.41 Å². The van der Waals surface area contributed by atoms with E-state index in [4.69, 9.17) is 4.74 Å². The summed E-state index contributed by atoms with van der Waals surface area (Å²) in [5.74, 6) is 0.00577. The summed E-state index contributed by atoms with van der Waals surface area (Å²) in [6.07, 6.45) is 5.03. The molecule has 1 saturated heterocycles. The highest BCUT2D eigenvalue weighted by Crippen LogP contribution is 2.37. The molecule has 1 aromatic heterocycles. The van der Waals surface area contributed by atoms with Crippen molar-refractivity contribution in [3.63, 3.8) is 0 Å². The van der Waals surface area contributed by atoms with E-state index in [1.54, 1.807) is 19.3 Å². The number of ether oxygens (including phenoxy) is 1. The van der Waals surface area contributed by atoms with E-state index < -0.39 is 11.5 Å². The van der Waals surface area contributed by atoms with Crippen LogP contribution in [-0.4, -0.2) is 41.9 Å². The summed E-state index contributed by atoms with van der Waals surface area (Å²) in [5.41, 5.74) is 2.87. The smallest absolute Gasteiger partial charge is 0.226 e. The quantitative estimate of drug-likeness (QED) is 0.836. The van der Waals surface area contributed by atoms with E-state index in [-0.39, 0.29) is 12.5 Å². The van der Waals surface area contributed by atoms with Gasteiger partial charge in [0, 0.05) is 32.2 Å². The number of hydrogen-bond acceptors (Lipinski definition) is 4. The third kappa shape index (κ3) is 4.29. The molecule has 3 rings (SSSR count). The van der Waals surface area contributed by atoms with Crippen molar-refractivity contribution in [2.24, 2.45) is 5.41 Å². The first-order valence-electron chi connectivity index (χ1n) is 9.13. The highest BCUT2D eigenvalue weighted by molar-refractivity contribution is 5.83. The van der Waals surface area contributed by atoms with Crippen LogP contribution in [-0.2, 0) is 16.0 Å². The molecule has 2 heterocycles. The zero-order valence-electron chi connectivity index (χ0n) is 15.1.